The molecule has 1 rings (SSSR count). The van der Waals surface area contributed by atoms with E-state index >= 15 is 0 Å². The number of amides is 1. The minimum Gasteiger partial charge on any atom is -0.465 e. The summed E-state index contributed by atoms with van der Waals surface area (Å²) in [6.07, 6.45) is 3.34. The van der Waals surface area contributed by atoms with Crippen LogP contribution < -0.4 is 5.32 Å². The molecule has 0 unspecified atom stereocenters. The second-order valence-electron chi connectivity index (χ2n) is 3.57. The van der Waals surface area contributed by atoms with E-state index in [1.807, 2.05) is 0 Å². The lowest BCUT2D eigenvalue weighted by molar-refractivity contribution is -0.118. The second kappa shape index (κ2) is 6.54. The molecule has 0 atom stereocenters. The lowest BCUT2D eigenvalue weighted by Crippen LogP contribution is -2.19. The number of nitrogens with one attached hydrogen (secondary N) is 1. The number of halogens is 1. The van der Waals surface area contributed by atoms with E-state index in [9.17, 15) is 14.0 Å². The van der Waals surface area contributed by atoms with Crippen LogP contribution in [0.3, 0.4) is 0 Å². The summed E-state index contributed by atoms with van der Waals surface area (Å²) in [5.74, 6) is -1.48. The number of benzene rings is 1. The van der Waals surface area contributed by atoms with Crippen LogP contribution in [-0.2, 0) is 9.53 Å². The van der Waals surface area contributed by atoms with Crippen molar-refractivity contribution >= 4 is 18.0 Å². The van der Waals surface area contributed by atoms with Crippen molar-refractivity contribution in [3.63, 3.8) is 0 Å². The fourth-order valence-corrected chi connectivity index (χ4v) is 1.31. The maximum Gasteiger partial charge on any atom is 0.340 e. The van der Waals surface area contributed by atoms with Gasteiger partial charge in [0.25, 0.3) is 0 Å². The van der Waals surface area contributed by atoms with Gasteiger partial charge in [0.15, 0.2) is 0 Å². The van der Waals surface area contributed by atoms with Gasteiger partial charge < -0.3 is 10.1 Å². The minimum atomic E-state index is -0.707. The van der Waals surface area contributed by atoms with Crippen LogP contribution in [0.15, 0.2) is 24.3 Å². The van der Waals surface area contributed by atoms with E-state index in [4.69, 9.17) is 0 Å². The van der Waals surface area contributed by atoms with Crippen molar-refractivity contribution in [2.75, 3.05) is 13.7 Å². The molecule has 1 amide bonds. The van der Waals surface area contributed by atoms with Crippen LogP contribution in [0.1, 0.15) is 22.8 Å². The Morgan fingerprint density at radius 1 is 1.44 bits per heavy atom. The van der Waals surface area contributed by atoms with Crippen LogP contribution in [-0.4, -0.2) is 25.5 Å². The summed E-state index contributed by atoms with van der Waals surface area (Å²) < 4.78 is 18.0. The standard InChI is InChI=1S/C13H14FNO3/c1-9(16)15-7-3-4-10-5-6-11(12(14)8-10)13(17)18-2/h3-6,8H,7H2,1-2H3,(H,15,16). The highest BCUT2D eigenvalue weighted by Gasteiger charge is 2.11. The fourth-order valence-electron chi connectivity index (χ4n) is 1.31. The molecule has 0 radical (unpaired) electrons. The zero-order valence-corrected chi connectivity index (χ0v) is 10.2. The van der Waals surface area contributed by atoms with E-state index in [0.29, 0.717) is 12.1 Å². The first-order valence-corrected chi connectivity index (χ1v) is 5.33. The summed E-state index contributed by atoms with van der Waals surface area (Å²) in [5, 5.41) is 2.58. The van der Waals surface area contributed by atoms with E-state index in [0.717, 1.165) is 0 Å². The van der Waals surface area contributed by atoms with Gasteiger partial charge in [0.05, 0.1) is 12.7 Å². The Morgan fingerprint density at radius 2 is 2.17 bits per heavy atom. The Labute approximate surface area is 104 Å². The number of methoxy groups -OCH3 is 1. The molecule has 0 saturated heterocycles. The summed E-state index contributed by atoms with van der Waals surface area (Å²) in [6, 6.07) is 4.19. The molecule has 5 heteroatoms. The molecule has 0 spiro atoms. The predicted octanol–water partition coefficient (Wildman–Crippen LogP) is 1.76. The van der Waals surface area contributed by atoms with Crippen molar-refractivity contribution in [3.8, 4) is 0 Å². The van der Waals surface area contributed by atoms with Crippen molar-refractivity contribution < 1.29 is 18.7 Å². The highest BCUT2D eigenvalue weighted by molar-refractivity contribution is 5.89. The molecule has 1 aromatic carbocycles. The number of carbonyl (C=O) groups excluding carboxylic acids is 2. The molecule has 0 aliphatic rings. The molecule has 0 aromatic heterocycles. The molecule has 0 bridgehead atoms. The zero-order valence-electron chi connectivity index (χ0n) is 10.2. The number of rotatable bonds is 4. The van der Waals surface area contributed by atoms with Gasteiger partial charge in [-0.25, -0.2) is 9.18 Å². The normalized spacial score (nSPS) is 10.4. The first-order valence-electron chi connectivity index (χ1n) is 5.33. The van der Waals surface area contributed by atoms with Crippen molar-refractivity contribution in [1.29, 1.82) is 0 Å². The zero-order chi connectivity index (χ0) is 13.5. The molecule has 1 N–H and O–H groups in total. The summed E-state index contributed by atoms with van der Waals surface area (Å²) in [6.45, 7) is 1.79. The number of hydrogen-bond donors (Lipinski definition) is 1. The first-order chi connectivity index (χ1) is 8.54. The van der Waals surface area contributed by atoms with Gasteiger partial charge in [-0.05, 0) is 17.7 Å². The molecule has 4 nitrogen and oxygen atoms in total. The number of carbonyl (C=O) groups is 2. The van der Waals surface area contributed by atoms with Crippen molar-refractivity contribution in [3.05, 3.63) is 41.2 Å². The molecule has 0 saturated carbocycles. The third kappa shape index (κ3) is 4.01. The van der Waals surface area contributed by atoms with Gasteiger partial charge >= 0.3 is 5.97 Å². The molecular weight excluding hydrogens is 237 g/mol. The average Bonchev–Trinajstić information content (AvgIpc) is 2.33. The number of hydrogen-bond acceptors (Lipinski definition) is 3. The van der Waals surface area contributed by atoms with Gasteiger partial charge in [-0.15, -0.1) is 0 Å². The summed E-state index contributed by atoms with van der Waals surface area (Å²) >= 11 is 0. The minimum absolute atomic E-state index is 0.100. The monoisotopic (exact) mass is 251 g/mol. The number of ether oxygens (including phenoxy) is 1. The highest BCUT2D eigenvalue weighted by atomic mass is 19.1. The van der Waals surface area contributed by atoms with Gasteiger partial charge in [0.1, 0.15) is 5.82 Å². The predicted molar refractivity (Wildman–Crippen MR) is 65.5 cm³/mol. The lowest BCUT2D eigenvalue weighted by atomic mass is 10.1. The third-order valence-corrected chi connectivity index (χ3v) is 2.18. The Hall–Kier alpha value is -2.17. The molecule has 1 aromatic rings. The van der Waals surface area contributed by atoms with Crippen molar-refractivity contribution in [2.45, 2.75) is 6.92 Å². The molecular formula is C13H14FNO3. The molecule has 18 heavy (non-hydrogen) atoms. The molecule has 0 aliphatic carbocycles. The van der Waals surface area contributed by atoms with Gasteiger partial charge in [0, 0.05) is 13.5 Å². The maximum atomic E-state index is 13.5. The van der Waals surface area contributed by atoms with Crippen molar-refractivity contribution in [1.82, 2.24) is 5.32 Å². The Kier molecular flexibility index (Phi) is 5.05. The van der Waals surface area contributed by atoms with E-state index in [1.165, 1.54) is 26.2 Å². The van der Waals surface area contributed by atoms with Crippen LogP contribution in [0.4, 0.5) is 4.39 Å². The lowest BCUT2D eigenvalue weighted by Gasteiger charge is -2.02. The average molecular weight is 251 g/mol. The smallest absolute Gasteiger partial charge is 0.340 e. The van der Waals surface area contributed by atoms with Crippen LogP contribution in [0.2, 0.25) is 0 Å². The SMILES string of the molecule is COC(=O)c1ccc(C=CCNC(C)=O)cc1F. The van der Waals surface area contributed by atoms with Crippen LogP contribution in [0, 0.1) is 5.82 Å². The highest BCUT2D eigenvalue weighted by Crippen LogP contribution is 2.12. The molecule has 0 aliphatic heterocycles. The Morgan fingerprint density at radius 3 is 2.72 bits per heavy atom. The number of esters is 1. The summed E-state index contributed by atoms with van der Waals surface area (Å²) in [7, 11) is 1.20. The molecule has 0 heterocycles. The van der Waals surface area contributed by atoms with E-state index < -0.39 is 11.8 Å². The fraction of sp³-hybridized carbons (Fsp3) is 0.231. The Balaban J connectivity index is 2.72. The summed E-state index contributed by atoms with van der Waals surface area (Å²) in [4.78, 5) is 21.8. The molecule has 0 fully saturated rings. The second-order valence-corrected chi connectivity index (χ2v) is 3.57. The van der Waals surface area contributed by atoms with E-state index in [-0.39, 0.29) is 11.5 Å². The van der Waals surface area contributed by atoms with Gasteiger partial charge in [-0.3, -0.25) is 4.79 Å². The topological polar surface area (TPSA) is 55.4 Å². The largest absolute Gasteiger partial charge is 0.465 e. The van der Waals surface area contributed by atoms with E-state index in [2.05, 4.69) is 10.1 Å². The van der Waals surface area contributed by atoms with E-state index in [1.54, 1.807) is 18.2 Å². The maximum absolute atomic E-state index is 13.5. The van der Waals surface area contributed by atoms with Crippen LogP contribution in [0.25, 0.3) is 6.08 Å². The Bertz CT molecular complexity index is 483. The third-order valence-electron chi connectivity index (χ3n) is 2.18. The van der Waals surface area contributed by atoms with Gasteiger partial charge in [0.2, 0.25) is 5.91 Å². The van der Waals surface area contributed by atoms with Gasteiger partial charge in [-0.2, -0.15) is 0 Å². The van der Waals surface area contributed by atoms with Crippen LogP contribution in [0.5, 0.6) is 0 Å². The van der Waals surface area contributed by atoms with Gasteiger partial charge in [-0.1, -0.05) is 18.2 Å². The first kappa shape index (κ1) is 13.9. The quantitative estimate of drug-likeness (QED) is 0.830. The molecule has 96 valence electrons. The van der Waals surface area contributed by atoms with Crippen LogP contribution >= 0.6 is 0 Å². The van der Waals surface area contributed by atoms with Crippen molar-refractivity contribution in [2.24, 2.45) is 0 Å². The summed E-state index contributed by atoms with van der Waals surface area (Å²) in [5.41, 5.74) is 0.502.